The smallest absolute Gasteiger partial charge is 0.316 e. The second-order valence-corrected chi connectivity index (χ2v) is 6.49. The maximum atomic E-state index is 12.6. The van der Waals surface area contributed by atoms with Crippen molar-refractivity contribution in [2.75, 3.05) is 18.6 Å². The molecule has 2 aromatic rings. The van der Waals surface area contributed by atoms with Gasteiger partial charge in [-0.25, -0.2) is 0 Å². The number of Topliss-reactive ketones (excluding diaryl/α,β-unsaturated/α-hetero) is 1. The number of amides is 1. The third kappa shape index (κ3) is 4.08. The summed E-state index contributed by atoms with van der Waals surface area (Å²) in [5.41, 5.74) is 0.440. The number of benzene rings is 2. The number of nitro benzene ring substituents is 1. The summed E-state index contributed by atoms with van der Waals surface area (Å²) >= 11 is 0. The molecule has 0 N–H and O–H groups in total. The summed E-state index contributed by atoms with van der Waals surface area (Å²) in [6.45, 7) is 1.41. The fourth-order valence-electron chi connectivity index (χ4n) is 3.14. The molecule has 0 bridgehead atoms. The van der Waals surface area contributed by atoms with Gasteiger partial charge >= 0.3 is 5.97 Å². The third-order valence-corrected chi connectivity index (χ3v) is 4.60. The van der Waals surface area contributed by atoms with Gasteiger partial charge in [0.1, 0.15) is 11.5 Å². The van der Waals surface area contributed by atoms with Crippen molar-refractivity contribution < 1.29 is 28.8 Å². The van der Waals surface area contributed by atoms with E-state index in [0.29, 0.717) is 5.69 Å². The summed E-state index contributed by atoms with van der Waals surface area (Å²) < 4.78 is 10.5. The van der Waals surface area contributed by atoms with E-state index in [0.717, 1.165) is 0 Å². The summed E-state index contributed by atoms with van der Waals surface area (Å²) in [7, 11) is 1.34. The Balaban J connectivity index is 1.80. The standard InChI is InChI=1S/C20H18N2O7/c1-12(23)15-5-3-4-6-17(15)29-20(25)13-9-19(24)21(11-13)16-8-7-14(22(26)27)10-18(16)28-2/h3-8,10,13H,9,11H2,1-2H3/t13-/m0/s1. The quantitative estimate of drug-likeness (QED) is 0.241. The van der Waals surface area contributed by atoms with Crippen molar-refractivity contribution in [3.05, 3.63) is 58.1 Å². The van der Waals surface area contributed by atoms with E-state index in [9.17, 15) is 24.5 Å². The van der Waals surface area contributed by atoms with E-state index in [-0.39, 0.29) is 47.4 Å². The average Bonchev–Trinajstić information content (AvgIpc) is 3.09. The van der Waals surface area contributed by atoms with Gasteiger partial charge in [-0.2, -0.15) is 0 Å². The number of ketones is 1. The number of para-hydroxylation sites is 1. The lowest BCUT2D eigenvalue weighted by atomic mass is 10.1. The SMILES string of the molecule is COc1cc([N+](=O)[O-])ccc1N1C[C@@H](C(=O)Oc2ccccc2C(C)=O)CC1=O. The van der Waals surface area contributed by atoms with Crippen molar-refractivity contribution in [2.24, 2.45) is 5.92 Å². The highest BCUT2D eigenvalue weighted by atomic mass is 16.6. The lowest BCUT2D eigenvalue weighted by Crippen LogP contribution is -2.27. The van der Waals surface area contributed by atoms with Crippen molar-refractivity contribution in [3.63, 3.8) is 0 Å². The zero-order valence-electron chi connectivity index (χ0n) is 15.8. The molecule has 1 amide bonds. The van der Waals surface area contributed by atoms with Crippen LogP contribution in [0.25, 0.3) is 0 Å². The van der Waals surface area contributed by atoms with E-state index in [4.69, 9.17) is 9.47 Å². The minimum Gasteiger partial charge on any atom is -0.494 e. The second kappa shape index (κ2) is 8.09. The first-order valence-corrected chi connectivity index (χ1v) is 8.76. The summed E-state index contributed by atoms with van der Waals surface area (Å²) in [5, 5.41) is 10.9. The van der Waals surface area contributed by atoms with Gasteiger partial charge < -0.3 is 14.4 Å². The molecule has 0 spiro atoms. The Morgan fingerprint density at radius 1 is 1.17 bits per heavy atom. The zero-order valence-corrected chi connectivity index (χ0v) is 15.8. The summed E-state index contributed by atoms with van der Waals surface area (Å²) in [5.74, 6) is -1.66. The number of nitro groups is 1. The molecule has 0 aliphatic carbocycles. The van der Waals surface area contributed by atoms with E-state index in [1.54, 1.807) is 18.2 Å². The molecule has 0 unspecified atom stereocenters. The number of hydrogen-bond acceptors (Lipinski definition) is 7. The molecule has 1 atom stereocenters. The molecule has 3 rings (SSSR count). The van der Waals surface area contributed by atoms with Crippen LogP contribution in [0.4, 0.5) is 11.4 Å². The number of ether oxygens (including phenoxy) is 2. The van der Waals surface area contributed by atoms with Gasteiger partial charge in [-0.1, -0.05) is 12.1 Å². The van der Waals surface area contributed by atoms with Crippen molar-refractivity contribution in [1.82, 2.24) is 0 Å². The van der Waals surface area contributed by atoms with Gasteiger partial charge in [-0.15, -0.1) is 0 Å². The molecule has 0 aromatic heterocycles. The normalized spacial score (nSPS) is 15.9. The van der Waals surface area contributed by atoms with Gasteiger partial charge in [0.25, 0.3) is 5.69 Å². The van der Waals surface area contributed by atoms with E-state index in [1.165, 1.54) is 43.2 Å². The predicted octanol–water partition coefficient (Wildman–Crippen LogP) is 2.76. The number of carbonyl (C=O) groups is 3. The van der Waals surface area contributed by atoms with Crippen LogP contribution in [0.5, 0.6) is 11.5 Å². The Hall–Kier alpha value is -3.75. The van der Waals surface area contributed by atoms with Crippen LogP contribution < -0.4 is 14.4 Å². The van der Waals surface area contributed by atoms with E-state index in [2.05, 4.69) is 0 Å². The number of carbonyl (C=O) groups excluding carboxylic acids is 3. The topological polar surface area (TPSA) is 116 Å². The maximum absolute atomic E-state index is 12.6. The number of nitrogens with zero attached hydrogens (tertiary/aromatic N) is 2. The van der Waals surface area contributed by atoms with Gasteiger partial charge in [0.15, 0.2) is 5.78 Å². The Kier molecular flexibility index (Phi) is 5.58. The summed E-state index contributed by atoms with van der Waals surface area (Å²) in [6.07, 6.45) is -0.0821. The Morgan fingerprint density at radius 2 is 1.90 bits per heavy atom. The molecule has 9 heteroatoms. The third-order valence-electron chi connectivity index (χ3n) is 4.60. The van der Waals surface area contributed by atoms with Crippen LogP contribution in [-0.4, -0.2) is 36.2 Å². The van der Waals surface area contributed by atoms with Crippen LogP contribution in [0.2, 0.25) is 0 Å². The van der Waals surface area contributed by atoms with Gasteiger partial charge in [0, 0.05) is 19.0 Å². The Labute approximate surface area is 166 Å². The fraction of sp³-hybridized carbons (Fsp3) is 0.250. The summed E-state index contributed by atoms with van der Waals surface area (Å²) in [4.78, 5) is 48.5. The second-order valence-electron chi connectivity index (χ2n) is 6.49. The molecule has 1 aliphatic heterocycles. The first-order chi connectivity index (χ1) is 13.8. The van der Waals surface area contributed by atoms with Crippen molar-refractivity contribution in [2.45, 2.75) is 13.3 Å². The molecular weight excluding hydrogens is 380 g/mol. The number of hydrogen-bond donors (Lipinski definition) is 0. The summed E-state index contributed by atoms with van der Waals surface area (Å²) in [6, 6.07) is 10.3. The van der Waals surface area contributed by atoms with Crippen molar-refractivity contribution in [1.29, 1.82) is 0 Å². The first kappa shape index (κ1) is 20.0. The average molecular weight is 398 g/mol. The van der Waals surface area contributed by atoms with Crippen LogP contribution in [-0.2, 0) is 9.59 Å². The number of methoxy groups -OCH3 is 1. The lowest BCUT2D eigenvalue weighted by molar-refractivity contribution is -0.384. The lowest BCUT2D eigenvalue weighted by Gasteiger charge is -2.19. The van der Waals surface area contributed by atoms with Gasteiger partial charge in [0.2, 0.25) is 5.91 Å². The Morgan fingerprint density at radius 3 is 2.55 bits per heavy atom. The van der Waals surface area contributed by atoms with E-state index < -0.39 is 16.8 Å². The largest absolute Gasteiger partial charge is 0.494 e. The molecule has 29 heavy (non-hydrogen) atoms. The van der Waals surface area contributed by atoms with Crippen molar-refractivity contribution in [3.8, 4) is 11.5 Å². The minimum absolute atomic E-state index is 0.0358. The number of non-ortho nitro benzene ring substituents is 1. The Bertz CT molecular complexity index is 1000. The maximum Gasteiger partial charge on any atom is 0.316 e. The molecule has 1 fully saturated rings. The molecule has 2 aromatic carbocycles. The molecule has 0 radical (unpaired) electrons. The highest BCUT2D eigenvalue weighted by Gasteiger charge is 2.38. The molecule has 0 saturated carbocycles. The van der Waals surface area contributed by atoms with Crippen molar-refractivity contribution >= 4 is 29.0 Å². The molecular formula is C20H18N2O7. The van der Waals surface area contributed by atoms with E-state index in [1.807, 2.05) is 0 Å². The highest BCUT2D eigenvalue weighted by Crippen LogP contribution is 2.36. The molecule has 1 aliphatic rings. The number of anilines is 1. The first-order valence-electron chi connectivity index (χ1n) is 8.76. The zero-order chi connectivity index (χ0) is 21.1. The van der Waals surface area contributed by atoms with Crippen LogP contribution in [0.1, 0.15) is 23.7 Å². The van der Waals surface area contributed by atoms with Crippen LogP contribution in [0, 0.1) is 16.0 Å². The molecule has 1 saturated heterocycles. The van der Waals surface area contributed by atoms with Crippen LogP contribution in [0.3, 0.4) is 0 Å². The van der Waals surface area contributed by atoms with Gasteiger partial charge in [0.05, 0.1) is 35.3 Å². The molecule has 9 nitrogen and oxygen atoms in total. The monoisotopic (exact) mass is 398 g/mol. The predicted molar refractivity (Wildman–Crippen MR) is 102 cm³/mol. The number of rotatable bonds is 6. The highest BCUT2D eigenvalue weighted by molar-refractivity contribution is 6.01. The molecule has 150 valence electrons. The molecule has 1 heterocycles. The van der Waals surface area contributed by atoms with E-state index >= 15 is 0 Å². The van der Waals surface area contributed by atoms with Crippen LogP contribution in [0.15, 0.2) is 42.5 Å². The van der Waals surface area contributed by atoms with Gasteiger partial charge in [-0.3, -0.25) is 24.5 Å². The number of esters is 1. The van der Waals surface area contributed by atoms with Gasteiger partial charge in [-0.05, 0) is 25.1 Å². The minimum atomic E-state index is -0.748. The van der Waals surface area contributed by atoms with Crippen LogP contribution >= 0.6 is 0 Å². The fourth-order valence-corrected chi connectivity index (χ4v) is 3.14.